The molecular formula is C14H15N5O3. The lowest BCUT2D eigenvalue weighted by molar-refractivity contribution is 0.0944. The molecule has 114 valence electrons. The molecule has 0 saturated carbocycles. The molecule has 0 atom stereocenters. The Morgan fingerprint density at radius 3 is 2.77 bits per heavy atom. The van der Waals surface area contributed by atoms with Gasteiger partial charge in [0.25, 0.3) is 5.91 Å². The first-order valence-electron chi connectivity index (χ1n) is 6.71. The molecular weight excluding hydrogens is 286 g/mol. The van der Waals surface area contributed by atoms with Crippen molar-refractivity contribution in [1.29, 1.82) is 0 Å². The zero-order valence-corrected chi connectivity index (χ0v) is 12.5. The molecule has 0 aromatic carbocycles. The number of aromatic nitrogens is 4. The van der Waals surface area contributed by atoms with Crippen molar-refractivity contribution in [2.75, 3.05) is 0 Å². The summed E-state index contributed by atoms with van der Waals surface area (Å²) in [4.78, 5) is 16.4. The molecule has 0 radical (unpaired) electrons. The van der Waals surface area contributed by atoms with Gasteiger partial charge in [0.05, 0.1) is 17.9 Å². The van der Waals surface area contributed by atoms with E-state index in [0.29, 0.717) is 28.7 Å². The molecule has 3 rings (SSSR count). The first-order chi connectivity index (χ1) is 10.6. The van der Waals surface area contributed by atoms with E-state index in [1.54, 1.807) is 13.8 Å². The van der Waals surface area contributed by atoms with E-state index in [9.17, 15) is 4.79 Å². The highest BCUT2D eigenvalue weighted by molar-refractivity contribution is 5.95. The lowest BCUT2D eigenvalue weighted by Gasteiger charge is -2.00. The van der Waals surface area contributed by atoms with E-state index in [2.05, 4.69) is 20.6 Å². The zero-order valence-electron chi connectivity index (χ0n) is 12.5. The fraction of sp³-hybridized carbons (Fsp3) is 0.286. The summed E-state index contributed by atoms with van der Waals surface area (Å²) in [6, 6.07) is 3.78. The maximum atomic E-state index is 12.1. The topological polar surface area (TPSA) is 99.0 Å². The van der Waals surface area contributed by atoms with Crippen LogP contribution in [0.2, 0.25) is 0 Å². The van der Waals surface area contributed by atoms with Crippen LogP contribution in [0.4, 0.5) is 0 Å². The molecule has 3 heterocycles. The largest absolute Gasteiger partial charge is 0.361 e. The Morgan fingerprint density at radius 1 is 1.32 bits per heavy atom. The Kier molecular flexibility index (Phi) is 3.50. The van der Waals surface area contributed by atoms with Gasteiger partial charge < -0.3 is 18.9 Å². The van der Waals surface area contributed by atoms with Gasteiger partial charge in [0.2, 0.25) is 11.7 Å². The van der Waals surface area contributed by atoms with Crippen LogP contribution in [-0.4, -0.2) is 25.8 Å². The van der Waals surface area contributed by atoms with Gasteiger partial charge in [-0.2, -0.15) is 4.98 Å². The summed E-state index contributed by atoms with van der Waals surface area (Å²) < 4.78 is 12.0. The van der Waals surface area contributed by atoms with Crippen LogP contribution in [-0.2, 0) is 13.6 Å². The molecule has 0 unspecified atom stereocenters. The smallest absolute Gasteiger partial charge is 0.257 e. The van der Waals surface area contributed by atoms with Gasteiger partial charge in [0.15, 0.2) is 0 Å². The lowest BCUT2D eigenvalue weighted by Crippen LogP contribution is -2.24. The Labute approximate surface area is 126 Å². The number of carbonyl (C=O) groups excluding carboxylic acids is 1. The molecule has 22 heavy (non-hydrogen) atoms. The minimum atomic E-state index is -0.283. The summed E-state index contributed by atoms with van der Waals surface area (Å²) in [6.07, 6.45) is 1.89. The molecule has 0 fully saturated rings. The average molecular weight is 301 g/mol. The monoisotopic (exact) mass is 301 g/mol. The van der Waals surface area contributed by atoms with Crippen molar-refractivity contribution in [2.45, 2.75) is 20.4 Å². The van der Waals surface area contributed by atoms with Crippen LogP contribution in [0, 0.1) is 13.8 Å². The second-order valence-corrected chi connectivity index (χ2v) is 4.90. The van der Waals surface area contributed by atoms with Crippen LogP contribution in [0.25, 0.3) is 11.5 Å². The van der Waals surface area contributed by atoms with Crippen LogP contribution in [0.3, 0.4) is 0 Å². The molecule has 3 aromatic heterocycles. The number of aryl methyl sites for hydroxylation is 3. The van der Waals surface area contributed by atoms with Crippen LogP contribution in [0.5, 0.6) is 0 Å². The highest BCUT2D eigenvalue weighted by Gasteiger charge is 2.18. The Balaban J connectivity index is 1.69. The predicted octanol–water partition coefficient (Wildman–Crippen LogP) is 1.61. The van der Waals surface area contributed by atoms with E-state index in [1.807, 2.05) is 29.9 Å². The van der Waals surface area contributed by atoms with Crippen LogP contribution >= 0.6 is 0 Å². The summed E-state index contributed by atoms with van der Waals surface area (Å²) in [5, 5.41) is 10.4. The highest BCUT2D eigenvalue weighted by Crippen LogP contribution is 2.16. The lowest BCUT2D eigenvalue weighted by atomic mass is 10.2. The standard InChI is InChI=1S/C14H15N5O3/c1-8-12(9(2)21-17-8)14(20)15-7-11-16-13(18-22-11)10-5-4-6-19(10)3/h4-6H,7H2,1-3H3,(H,15,20). The van der Waals surface area contributed by atoms with Crippen LogP contribution < -0.4 is 5.32 Å². The molecule has 1 N–H and O–H groups in total. The van der Waals surface area contributed by atoms with Crippen molar-refractivity contribution in [1.82, 2.24) is 25.2 Å². The molecule has 3 aromatic rings. The second kappa shape index (κ2) is 5.47. The average Bonchev–Trinajstić information content (AvgIpc) is 3.18. The highest BCUT2D eigenvalue weighted by atomic mass is 16.5. The molecule has 0 spiro atoms. The summed E-state index contributed by atoms with van der Waals surface area (Å²) in [5.74, 6) is 1.00. The third-order valence-corrected chi connectivity index (χ3v) is 3.30. The third kappa shape index (κ3) is 2.50. The summed E-state index contributed by atoms with van der Waals surface area (Å²) >= 11 is 0. The van der Waals surface area contributed by atoms with Crippen LogP contribution in [0.15, 0.2) is 27.4 Å². The number of nitrogens with zero attached hydrogens (tertiary/aromatic N) is 4. The van der Waals surface area contributed by atoms with Crippen molar-refractivity contribution < 1.29 is 13.8 Å². The predicted molar refractivity (Wildman–Crippen MR) is 75.9 cm³/mol. The number of hydrogen-bond acceptors (Lipinski definition) is 6. The second-order valence-electron chi connectivity index (χ2n) is 4.90. The number of rotatable bonds is 4. The van der Waals surface area contributed by atoms with E-state index in [0.717, 1.165) is 5.69 Å². The van der Waals surface area contributed by atoms with Gasteiger partial charge in [-0.25, -0.2) is 0 Å². The molecule has 0 aliphatic rings. The minimum absolute atomic E-state index is 0.139. The molecule has 0 saturated heterocycles. The molecule has 8 nitrogen and oxygen atoms in total. The van der Waals surface area contributed by atoms with Crippen molar-refractivity contribution in [3.63, 3.8) is 0 Å². The third-order valence-electron chi connectivity index (χ3n) is 3.30. The maximum Gasteiger partial charge on any atom is 0.257 e. The number of nitrogens with one attached hydrogen (secondary N) is 1. The van der Waals surface area contributed by atoms with Crippen molar-refractivity contribution in [2.24, 2.45) is 7.05 Å². The van der Waals surface area contributed by atoms with E-state index in [4.69, 9.17) is 9.05 Å². The molecule has 8 heteroatoms. The molecule has 0 bridgehead atoms. The van der Waals surface area contributed by atoms with Crippen molar-refractivity contribution in [3.8, 4) is 11.5 Å². The Hall–Kier alpha value is -2.90. The van der Waals surface area contributed by atoms with Gasteiger partial charge in [-0.05, 0) is 26.0 Å². The Bertz CT molecular complexity index is 795. The first-order valence-corrected chi connectivity index (χ1v) is 6.71. The van der Waals surface area contributed by atoms with Gasteiger partial charge in [-0.3, -0.25) is 4.79 Å². The first kappa shape index (κ1) is 14.1. The Morgan fingerprint density at radius 2 is 2.14 bits per heavy atom. The number of amides is 1. The summed E-state index contributed by atoms with van der Waals surface area (Å²) in [5.41, 5.74) is 1.82. The van der Waals surface area contributed by atoms with E-state index in [-0.39, 0.29) is 12.5 Å². The number of hydrogen-bond donors (Lipinski definition) is 1. The van der Waals surface area contributed by atoms with Gasteiger partial charge >= 0.3 is 0 Å². The summed E-state index contributed by atoms with van der Waals surface area (Å²) in [7, 11) is 1.89. The normalized spacial score (nSPS) is 10.9. The van der Waals surface area contributed by atoms with E-state index < -0.39 is 0 Å². The van der Waals surface area contributed by atoms with Gasteiger partial charge in [-0.15, -0.1) is 0 Å². The fourth-order valence-electron chi connectivity index (χ4n) is 2.18. The fourth-order valence-corrected chi connectivity index (χ4v) is 2.18. The summed E-state index contributed by atoms with van der Waals surface area (Å²) in [6.45, 7) is 3.54. The quantitative estimate of drug-likeness (QED) is 0.786. The maximum absolute atomic E-state index is 12.1. The van der Waals surface area contributed by atoms with Crippen molar-refractivity contribution in [3.05, 3.63) is 41.2 Å². The van der Waals surface area contributed by atoms with E-state index in [1.165, 1.54) is 0 Å². The SMILES string of the molecule is Cc1noc(C)c1C(=O)NCc1nc(-c2cccn2C)no1. The van der Waals surface area contributed by atoms with Gasteiger partial charge in [0, 0.05) is 13.2 Å². The van der Waals surface area contributed by atoms with Gasteiger partial charge in [0.1, 0.15) is 11.3 Å². The number of carbonyl (C=O) groups is 1. The molecule has 0 aliphatic carbocycles. The van der Waals surface area contributed by atoms with Gasteiger partial charge in [-0.1, -0.05) is 10.3 Å². The minimum Gasteiger partial charge on any atom is -0.361 e. The van der Waals surface area contributed by atoms with Crippen molar-refractivity contribution >= 4 is 5.91 Å². The zero-order chi connectivity index (χ0) is 15.7. The van der Waals surface area contributed by atoms with E-state index >= 15 is 0 Å². The molecule has 1 amide bonds. The molecule has 0 aliphatic heterocycles. The van der Waals surface area contributed by atoms with Crippen LogP contribution in [0.1, 0.15) is 27.7 Å².